The van der Waals surface area contributed by atoms with E-state index < -0.39 is 0 Å². The van der Waals surface area contributed by atoms with Gasteiger partial charge in [0.25, 0.3) is 0 Å². The van der Waals surface area contributed by atoms with Gasteiger partial charge in [0.2, 0.25) is 0 Å². The Morgan fingerprint density at radius 3 is 2.57 bits per heavy atom. The summed E-state index contributed by atoms with van der Waals surface area (Å²) in [5, 5.41) is 11.1. The summed E-state index contributed by atoms with van der Waals surface area (Å²) in [6.45, 7) is 2.20. The molecule has 0 aliphatic heterocycles. The molecular weight excluding hydrogens is 184 g/mol. The molecule has 0 atom stereocenters. The van der Waals surface area contributed by atoms with Crippen molar-refractivity contribution >= 4 is 5.84 Å². The zero-order valence-corrected chi connectivity index (χ0v) is 8.74. The Balaban J connectivity index is 2.99. The molecule has 0 amide bonds. The van der Waals surface area contributed by atoms with E-state index in [1.165, 1.54) is 0 Å². The highest BCUT2D eigenvalue weighted by Gasteiger charge is 1.94. The summed E-state index contributed by atoms with van der Waals surface area (Å²) in [5.41, 5.74) is 5.30. The molecule has 0 radical (unpaired) electrons. The van der Waals surface area contributed by atoms with Gasteiger partial charge >= 0.3 is 0 Å². The first-order chi connectivity index (χ1) is 6.81. The van der Waals surface area contributed by atoms with Crippen molar-refractivity contribution in [2.75, 3.05) is 26.9 Å². The number of rotatable bonds is 9. The number of oxime groups is 1. The Kier molecular flexibility index (Phi) is 9.68. The van der Waals surface area contributed by atoms with Crippen molar-refractivity contribution in [3.8, 4) is 0 Å². The Bertz CT molecular complexity index is 151. The second kappa shape index (κ2) is 10.3. The highest BCUT2D eigenvalue weighted by Crippen LogP contribution is 1.96. The lowest BCUT2D eigenvalue weighted by atomic mass is 10.2. The van der Waals surface area contributed by atoms with E-state index in [1.54, 1.807) is 7.11 Å². The molecule has 14 heavy (non-hydrogen) atoms. The predicted molar refractivity (Wildman–Crippen MR) is 54.6 cm³/mol. The molecule has 5 heteroatoms. The monoisotopic (exact) mass is 204 g/mol. The van der Waals surface area contributed by atoms with Crippen LogP contribution >= 0.6 is 0 Å². The number of amidine groups is 1. The molecule has 0 bridgehead atoms. The molecule has 0 heterocycles. The van der Waals surface area contributed by atoms with Crippen molar-refractivity contribution in [2.45, 2.75) is 25.7 Å². The molecular formula is C9H20N2O3. The van der Waals surface area contributed by atoms with Gasteiger partial charge < -0.3 is 20.4 Å². The highest BCUT2D eigenvalue weighted by molar-refractivity contribution is 5.79. The van der Waals surface area contributed by atoms with Crippen LogP contribution in [0.3, 0.4) is 0 Å². The molecule has 0 fully saturated rings. The molecule has 0 aromatic heterocycles. The fourth-order valence-electron chi connectivity index (χ4n) is 0.968. The summed E-state index contributed by atoms with van der Waals surface area (Å²) in [6, 6.07) is 0. The van der Waals surface area contributed by atoms with E-state index in [1.807, 2.05) is 0 Å². The van der Waals surface area contributed by atoms with Crippen LogP contribution in [0, 0.1) is 0 Å². The van der Waals surface area contributed by atoms with Crippen molar-refractivity contribution in [3.63, 3.8) is 0 Å². The SMILES string of the molecule is COCCCOCCCCC(N)=NO. The van der Waals surface area contributed by atoms with Crippen molar-refractivity contribution in [1.82, 2.24) is 0 Å². The van der Waals surface area contributed by atoms with Crippen LogP contribution in [0.1, 0.15) is 25.7 Å². The van der Waals surface area contributed by atoms with E-state index in [9.17, 15) is 0 Å². The molecule has 84 valence electrons. The second-order valence-corrected chi connectivity index (χ2v) is 3.01. The minimum absolute atomic E-state index is 0.282. The van der Waals surface area contributed by atoms with E-state index in [0.717, 1.165) is 39.1 Å². The lowest BCUT2D eigenvalue weighted by molar-refractivity contribution is 0.101. The molecule has 0 rings (SSSR count). The molecule has 5 nitrogen and oxygen atoms in total. The zero-order chi connectivity index (χ0) is 10.6. The molecule has 0 saturated heterocycles. The molecule has 0 aromatic carbocycles. The third-order valence-corrected chi connectivity index (χ3v) is 1.74. The summed E-state index contributed by atoms with van der Waals surface area (Å²) < 4.78 is 10.2. The van der Waals surface area contributed by atoms with Crippen LogP contribution in [0.2, 0.25) is 0 Å². The Labute approximate surface area is 84.9 Å². The highest BCUT2D eigenvalue weighted by atomic mass is 16.5. The third-order valence-electron chi connectivity index (χ3n) is 1.74. The van der Waals surface area contributed by atoms with E-state index in [-0.39, 0.29) is 5.84 Å². The number of nitrogens with zero attached hydrogens (tertiary/aromatic N) is 1. The summed E-state index contributed by atoms with van der Waals surface area (Å²) in [5.74, 6) is 0.282. The van der Waals surface area contributed by atoms with Crippen LogP contribution in [0.25, 0.3) is 0 Å². The van der Waals surface area contributed by atoms with Gasteiger partial charge in [0.05, 0.1) is 0 Å². The molecule has 0 unspecified atom stereocenters. The van der Waals surface area contributed by atoms with Gasteiger partial charge in [0, 0.05) is 33.4 Å². The topological polar surface area (TPSA) is 77.1 Å². The van der Waals surface area contributed by atoms with Crippen LogP contribution in [0.5, 0.6) is 0 Å². The summed E-state index contributed by atoms with van der Waals surface area (Å²) >= 11 is 0. The van der Waals surface area contributed by atoms with Crippen LogP contribution in [0.15, 0.2) is 5.16 Å². The molecule has 0 spiro atoms. The van der Waals surface area contributed by atoms with Gasteiger partial charge in [-0.05, 0) is 19.3 Å². The maximum absolute atomic E-state index is 8.25. The van der Waals surface area contributed by atoms with Crippen LogP contribution in [-0.2, 0) is 9.47 Å². The third kappa shape index (κ3) is 9.28. The van der Waals surface area contributed by atoms with Gasteiger partial charge in [-0.15, -0.1) is 0 Å². The van der Waals surface area contributed by atoms with Crippen molar-refractivity contribution in [3.05, 3.63) is 0 Å². The predicted octanol–water partition coefficient (Wildman–Crippen LogP) is 0.956. The molecule has 0 aromatic rings. The van der Waals surface area contributed by atoms with Crippen LogP contribution in [-0.4, -0.2) is 38.0 Å². The fourth-order valence-corrected chi connectivity index (χ4v) is 0.968. The number of unbranched alkanes of at least 4 members (excludes halogenated alkanes) is 1. The Hall–Kier alpha value is -0.810. The van der Waals surface area contributed by atoms with E-state index in [4.69, 9.17) is 20.4 Å². The van der Waals surface area contributed by atoms with Gasteiger partial charge in [-0.25, -0.2) is 0 Å². The number of methoxy groups -OCH3 is 1. The van der Waals surface area contributed by atoms with E-state index in [0.29, 0.717) is 6.42 Å². The first-order valence-electron chi connectivity index (χ1n) is 4.84. The summed E-state index contributed by atoms with van der Waals surface area (Å²) in [6.07, 6.45) is 3.37. The van der Waals surface area contributed by atoms with E-state index >= 15 is 0 Å². The standard InChI is InChI=1S/C9H20N2O3/c1-13-6-4-8-14-7-3-2-5-9(10)11-12/h12H,2-8H2,1H3,(H2,10,11). The first-order valence-corrected chi connectivity index (χ1v) is 4.84. The van der Waals surface area contributed by atoms with Crippen molar-refractivity contribution < 1.29 is 14.7 Å². The number of hydrogen-bond donors (Lipinski definition) is 2. The van der Waals surface area contributed by atoms with Crippen molar-refractivity contribution in [1.29, 1.82) is 0 Å². The number of hydrogen-bond acceptors (Lipinski definition) is 4. The Morgan fingerprint density at radius 1 is 1.21 bits per heavy atom. The summed E-state index contributed by atoms with van der Waals surface area (Å²) in [4.78, 5) is 0. The molecule has 0 saturated carbocycles. The maximum atomic E-state index is 8.25. The fraction of sp³-hybridized carbons (Fsp3) is 0.889. The smallest absolute Gasteiger partial charge is 0.139 e. The summed E-state index contributed by atoms with van der Waals surface area (Å²) in [7, 11) is 1.68. The number of nitrogens with two attached hydrogens (primary N) is 1. The lowest BCUT2D eigenvalue weighted by Crippen LogP contribution is -2.11. The minimum Gasteiger partial charge on any atom is -0.409 e. The second-order valence-electron chi connectivity index (χ2n) is 3.01. The average Bonchev–Trinajstić information content (AvgIpc) is 2.21. The van der Waals surface area contributed by atoms with Gasteiger partial charge in [-0.2, -0.15) is 0 Å². The largest absolute Gasteiger partial charge is 0.409 e. The van der Waals surface area contributed by atoms with Crippen molar-refractivity contribution in [2.24, 2.45) is 10.9 Å². The van der Waals surface area contributed by atoms with E-state index in [2.05, 4.69) is 5.16 Å². The molecule has 0 aliphatic rings. The normalized spacial score (nSPS) is 11.9. The quantitative estimate of drug-likeness (QED) is 0.193. The Morgan fingerprint density at radius 2 is 1.93 bits per heavy atom. The van der Waals surface area contributed by atoms with Gasteiger partial charge in [0.1, 0.15) is 5.84 Å². The average molecular weight is 204 g/mol. The molecule has 3 N–H and O–H groups in total. The minimum atomic E-state index is 0.282. The van der Waals surface area contributed by atoms with Gasteiger partial charge in [0.15, 0.2) is 0 Å². The van der Waals surface area contributed by atoms with Gasteiger partial charge in [-0.3, -0.25) is 0 Å². The van der Waals surface area contributed by atoms with Gasteiger partial charge in [-0.1, -0.05) is 5.16 Å². The number of ether oxygens (including phenoxy) is 2. The lowest BCUT2D eigenvalue weighted by Gasteiger charge is -2.03. The zero-order valence-electron chi connectivity index (χ0n) is 8.74. The first kappa shape index (κ1) is 13.2. The van der Waals surface area contributed by atoms with Crippen LogP contribution in [0.4, 0.5) is 0 Å². The maximum Gasteiger partial charge on any atom is 0.139 e. The molecule has 0 aliphatic carbocycles. The van der Waals surface area contributed by atoms with Crippen LogP contribution < -0.4 is 5.73 Å².